The molecule has 0 aliphatic carbocycles. The fourth-order valence-corrected chi connectivity index (χ4v) is 5.00. The molecule has 2 fully saturated rings. The molecular formula is C15H18N2O4S. The van der Waals surface area contributed by atoms with Gasteiger partial charge in [-0.25, -0.2) is 8.42 Å². The second-order valence-corrected chi connectivity index (χ2v) is 8.08. The van der Waals surface area contributed by atoms with Crippen LogP contribution in [0.1, 0.15) is 24.8 Å². The number of carbonyl (C=O) groups is 1. The molecule has 3 aliphatic heterocycles. The molecule has 3 aliphatic rings. The van der Waals surface area contributed by atoms with Gasteiger partial charge in [0.2, 0.25) is 15.9 Å². The summed E-state index contributed by atoms with van der Waals surface area (Å²) in [5.41, 5.74) is 1.61. The number of hydrogen-bond acceptors (Lipinski definition) is 4. The minimum Gasteiger partial charge on any atom is -0.372 e. The third-order valence-electron chi connectivity index (χ3n) is 4.62. The third-order valence-corrected chi connectivity index (χ3v) is 6.45. The molecule has 1 aromatic carbocycles. The summed E-state index contributed by atoms with van der Waals surface area (Å²) >= 11 is 0. The van der Waals surface area contributed by atoms with Gasteiger partial charge in [-0.2, -0.15) is 4.31 Å². The van der Waals surface area contributed by atoms with Crippen molar-refractivity contribution in [3.05, 3.63) is 23.8 Å². The summed E-state index contributed by atoms with van der Waals surface area (Å²) in [5, 5.41) is 2.77. The van der Waals surface area contributed by atoms with Gasteiger partial charge in [-0.05, 0) is 43.0 Å². The maximum atomic E-state index is 12.8. The van der Waals surface area contributed by atoms with Gasteiger partial charge in [0, 0.05) is 25.2 Å². The molecule has 0 radical (unpaired) electrons. The number of aryl methyl sites for hydroxylation is 1. The third kappa shape index (κ3) is 2.33. The highest BCUT2D eigenvalue weighted by molar-refractivity contribution is 7.89. The lowest BCUT2D eigenvalue weighted by atomic mass is 10.0. The molecule has 0 spiro atoms. The largest absolute Gasteiger partial charge is 0.372 e. The number of ether oxygens (including phenoxy) is 1. The van der Waals surface area contributed by atoms with Crippen molar-refractivity contribution in [1.29, 1.82) is 0 Å². The smallest absolute Gasteiger partial charge is 0.243 e. The first-order valence-corrected chi connectivity index (χ1v) is 9.05. The van der Waals surface area contributed by atoms with E-state index >= 15 is 0 Å². The van der Waals surface area contributed by atoms with E-state index in [1.54, 1.807) is 22.5 Å². The topological polar surface area (TPSA) is 75.7 Å². The highest BCUT2D eigenvalue weighted by Gasteiger charge is 2.39. The number of amides is 1. The predicted octanol–water partition coefficient (Wildman–Crippen LogP) is 1.12. The second-order valence-electron chi connectivity index (χ2n) is 6.15. The molecule has 22 heavy (non-hydrogen) atoms. The molecule has 7 heteroatoms. The Hall–Kier alpha value is -1.44. The van der Waals surface area contributed by atoms with E-state index in [1.165, 1.54) is 0 Å². The average Bonchev–Trinajstić information content (AvgIpc) is 2.84. The van der Waals surface area contributed by atoms with E-state index in [9.17, 15) is 13.2 Å². The lowest BCUT2D eigenvalue weighted by molar-refractivity contribution is -0.116. The molecule has 4 rings (SSSR count). The van der Waals surface area contributed by atoms with Crippen molar-refractivity contribution in [2.75, 3.05) is 18.4 Å². The molecule has 2 atom stereocenters. The minimum absolute atomic E-state index is 0.0205. The Labute approximate surface area is 129 Å². The van der Waals surface area contributed by atoms with Crippen molar-refractivity contribution in [2.24, 2.45) is 0 Å². The molecule has 2 unspecified atom stereocenters. The standard InChI is InChI=1S/C15H18N2O4S/c18-15-6-1-10-7-13(4-5-14(10)16-15)22(19,20)17-8-11-2-3-12(9-17)21-11/h4-5,7,11-12H,1-3,6,8-9H2,(H,16,18). The van der Waals surface area contributed by atoms with Crippen molar-refractivity contribution in [3.8, 4) is 0 Å². The van der Waals surface area contributed by atoms with E-state index in [1.807, 2.05) is 0 Å². The van der Waals surface area contributed by atoms with Gasteiger partial charge in [0.05, 0.1) is 17.1 Å². The van der Waals surface area contributed by atoms with Gasteiger partial charge in [0.15, 0.2) is 0 Å². The molecule has 118 valence electrons. The maximum Gasteiger partial charge on any atom is 0.243 e. The number of rotatable bonds is 2. The second kappa shape index (κ2) is 5.04. The summed E-state index contributed by atoms with van der Waals surface area (Å²) in [6.45, 7) is 0.874. The van der Waals surface area contributed by atoms with Gasteiger partial charge in [-0.3, -0.25) is 4.79 Å². The van der Waals surface area contributed by atoms with Crippen molar-refractivity contribution < 1.29 is 17.9 Å². The van der Waals surface area contributed by atoms with Crippen molar-refractivity contribution >= 4 is 21.6 Å². The van der Waals surface area contributed by atoms with Gasteiger partial charge in [0.1, 0.15) is 0 Å². The first kappa shape index (κ1) is 14.2. The van der Waals surface area contributed by atoms with Crippen LogP contribution in [0.25, 0.3) is 0 Å². The van der Waals surface area contributed by atoms with Gasteiger partial charge in [0.25, 0.3) is 0 Å². The fourth-order valence-electron chi connectivity index (χ4n) is 3.44. The molecule has 1 aromatic rings. The summed E-state index contributed by atoms with van der Waals surface area (Å²) < 4.78 is 32.9. The summed E-state index contributed by atoms with van der Waals surface area (Å²) in [4.78, 5) is 11.7. The number of sulfonamides is 1. The monoisotopic (exact) mass is 322 g/mol. The molecule has 1 amide bonds. The minimum atomic E-state index is -3.49. The predicted molar refractivity (Wildman–Crippen MR) is 80.0 cm³/mol. The maximum absolute atomic E-state index is 12.8. The van der Waals surface area contributed by atoms with Crippen LogP contribution < -0.4 is 5.32 Å². The van der Waals surface area contributed by atoms with Crippen molar-refractivity contribution in [2.45, 2.75) is 42.8 Å². The van der Waals surface area contributed by atoms with Crippen LogP contribution in [0.15, 0.2) is 23.1 Å². The Morgan fingerprint density at radius 3 is 2.59 bits per heavy atom. The number of fused-ring (bicyclic) bond motifs is 3. The van der Waals surface area contributed by atoms with Crippen LogP contribution in [-0.2, 0) is 26.0 Å². The SMILES string of the molecule is O=C1CCc2cc(S(=O)(=O)N3CC4CCC(C3)O4)ccc2N1. The summed E-state index contributed by atoms with van der Waals surface area (Å²) in [7, 11) is -3.49. The summed E-state index contributed by atoms with van der Waals surface area (Å²) in [6.07, 6.45) is 2.92. The van der Waals surface area contributed by atoms with E-state index < -0.39 is 10.0 Å². The molecule has 0 saturated carbocycles. The van der Waals surface area contributed by atoms with Crippen LogP contribution in [0.3, 0.4) is 0 Å². The lowest BCUT2D eigenvalue weighted by Crippen LogP contribution is -2.45. The number of anilines is 1. The highest BCUT2D eigenvalue weighted by Crippen LogP contribution is 2.31. The fraction of sp³-hybridized carbons (Fsp3) is 0.533. The quantitative estimate of drug-likeness (QED) is 0.885. The number of carbonyl (C=O) groups excluding carboxylic acids is 1. The number of nitrogens with zero attached hydrogens (tertiary/aromatic N) is 1. The molecular weight excluding hydrogens is 304 g/mol. The van der Waals surface area contributed by atoms with Gasteiger partial charge >= 0.3 is 0 Å². The summed E-state index contributed by atoms with van der Waals surface area (Å²) in [6, 6.07) is 4.97. The van der Waals surface area contributed by atoms with E-state index in [0.717, 1.165) is 24.1 Å². The van der Waals surface area contributed by atoms with Crippen molar-refractivity contribution in [1.82, 2.24) is 4.31 Å². The number of morpholine rings is 1. The normalized spacial score (nSPS) is 28.3. The Bertz CT molecular complexity index is 719. The van der Waals surface area contributed by atoms with Crippen LogP contribution in [0.2, 0.25) is 0 Å². The molecule has 0 aromatic heterocycles. The Kier molecular flexibility index (Phi) is 3.25. The molecule has 2 saturated heterocycles. The number of nitrogens with one attached hydrogen (secondary N) is 1. The molecule has 2 bridgehead atoms. The summed E-state index contributed by atoms with van der Waals surface area (Å²) in [5.74, 6) is -0.0205. The molecule has 1 N–H and O–H groups in total. The first-order chi connectivity index (χ1) is 10.5. The molecule has 6 nitrogen and oxygen atoms in total. The first-order valence-electron chi connectivity index (χ1n) is 7.61. The Balaban J connectivity index is 1.64. The van der Waals surface area contributed by atoms with E-state index in [0.29, 0.717) is 30.8 Å². The zero-order chi connectivity index (χ0) is 15.3. The van der Waals surface area contributed by atoms with Crippen LogP contribution in [-0.4, -0.2) is 43.9 Å². The van der Waals surface area contributed by atoms with Gasteiger partial charge < -0.3 is 10.1 Å². The van der Waals surface area contributed by atoms with Gasteiger partial charge in [-0.15, -0.1) is 0 Å². The Morgan fingerprint density at radius 1 is 1.14 bits per heavy atom. The average molecular weight is 322 g/mol. The highest BCUT2D eigenvalue weighted by atomic mass is 32.2. The Morgan fingerprint density at radius 2 is 1.86 bits per heavy atom. The zero-order valence-electron chi connectivity index (χ0n) is 12.1. The van der Waals surface area contributed by atoms with Crippen LogP contribution in [0.5, 0.6) is 0 Å². The number of hydrogen-bond donors (Lipinski definition) is 1. The van der Waals surface area contributed by atoms with Crippen molar-refractivity contribution in [3.63, 3.8) is 0 Å². The van der Waals surface area contributed by atoms with E-state index in [2.05, 4.69) is 5.32 Å². The van der Waals surface area contributed by atoms with Crippen LogP contribution in [0, 0.1) is 0 Å². The number of benzene rings is 1. The molecule has 3 heterocycles. The lowest BCUT2D eigenvalue weighted by Gasteiger charge is -2.31. The van der Waals surface area contributed by atoms with Gasteiger partial charge in [-0.1, -0.05) is 0 Å². The zero-order valence-corrected chi connectivity index (χ0v) is 12.9. The van der Waals surface area contributed by atoms with Crippen LogP contribution >= 0.6 is 0 Å². The van der Waals surface area contributed by atoms with Crippen LogP contribution in [0.4, 0.5) is 5.69 Å². The van der Waals surface area contributed by atoms with E-state index in [4.69, 9.17) is 4.74 Å². The van der Waals surface area contributed by atoms with E-state index in [-0.39, 0.29) is 18.1 Å².